The van der Waals surface area contributed by atoms with E-state index in [0.717, 1.165) is 18.5 Å². The Labute approximate surface area is 104 Å². The Morgan fingerprint density at radius 3 is 2.71 bits per heavy atom. The first-order chi connectivity index (χ1) is 8.17. The summed E-state index contributed by atoms with van der Waals surface area (Å²) in [6, 6.07) is 6.15. The van der Waals surface area contributed by atoms with Crippen LogP contribution < -0.4 is 5.32 Å². The van der Waals surface area contributed by atoms with E-state index in [9.17, 15) is 4.79 Å². The van der Waals surface area contributed by atoms with Crippen LogP contribution in [0.4, 0.5) is 5.69 Å². The maximum absolute atomic E-state index is 11.1. The summed E-state index contributed by atoms with van der Waals surface area (Å²) >= 11 is 0. The molecule has 0 fully saturated rings. The molecule has 1 aromatic rings. The molecule has 0 aromatic heterocycles. The summed E-state index contributed by atoms with van der Waals surface area (Å²) in [7, 11) is 0. The summed E-state index contributed by atoms with van der Waals surface area (Å²) in [6.07, 6.45) is 7.52. The zero-order valence-electron chi connectivity index (χ0n) is 10.9. The van der Waals surface area contributed by atoms with Crippen molar-refractivity contribution in [2.45, 2.75) is 40.0 Å². The Bertz CT molecular complexity index is 407. The number of hydrogen-bond donors (Lipinski definition) is 1. The minimum atomic E-state index is -0.0195. The van der Waals surface area contributed by atoms with Crippen LogP contribution in [0.1, 0.15) is 44.7 Å². The monoisotopic (exact) mass is 231 g/mol. The third kappa shape index (κ3) is 4.43. The zero-order valence-corrected chi connectivity index (χ0v) is 10.9. The molecule has 1 aromatic carbocycles. The third-order valence-corrected chi connectivity index (χ3v) is 2.59. The highest BCUT2D eigenvalue weighted by Crippen LogP contribution is 2.19. The SMILES string of the molecule is CCC/C=C/c1ccc(NC(C)=O)c(CC)c1. The molecule has 0 spiro atoms. The minimum Gasteiger partial charge on any atom is -0.326 e. The van der Waals surface area contributed by atoms with Crippen LogP contribution in [0, 0.1) is 0 Å². The van der Waals surface area contributed by atoms with Crippen molar-refractivity contribution in [1.82, 2.24) is 0 Å². The van der Waals surface area contributed by atoms with Gasteiger partial charge in [-0.25, -0.2) is 0 Å². The normalized spacial score (nSPS) is 10.8. The maximum Gasteiger partial charge on any atom is 0.221 e. The third-order valence-electron chi connectivity index (χ3n) is 2.59. The van der Waals surface area contributed by atoms with Crippen molar-refractivity contribution in [3.05, 3.63) is 35.4 Å². The molecule has 92 valence electrons. The van der Waals surface area contributed by atoms with E-state index >= 15 is 0 Å². The molecule has 1 N–H and O–H groups in total. The van der Waals surface area contributed by atoms with Gasteiger partial charge in [-0.15, -0.1) is 0 Å². The van der Waals surface area contributed by atoms with Gasteiger partial charge in [0.25, 0.3) is 0 Å². The first kappa shape index (κ1) is 13.5. The van der Waals surface area contributed by atoms with Gasteiger partial charge in [-0.1, -0.05) is 38.5 Å². The molecule has 0 unspecified atom stereocenters. The molecule has 2 nitrogen and oxygen atoms in total. The van der Waals surface area contributed by atoms with Crippen LogP contribution in [-0.4, -0.2) is 5.91 Å². The second-order valence-corrected chi connectivity index (χ2v) is 4.14. The molecule has 0 heterocycles. The Balaban J connectivity index is 2.88. The molecular weight excluding hydrogens is 210 g/mol. The minimum absolute atomic E-state index is 0.0195. The van der Waals surface area contributed by atoms with Gasteiger partial charge in [-0.05, 0) is 36.1 Å². The van der Waals surface area contributed by atoms with E-state index in [2.05, 4.69) is 37.4 Å². The average Bonchev–Trinajstić information content (AvgIpc) is 2.30. The number of anilines is 1. The lowest BCUT2D eigenvalue weighted by molar-refractivity contribution is -0.114. The lowest BCUT2D eigenvalue weighted by atomic mass is 10.1. The van der Waals surface area contributed by atoms with Gasteiger partial charge in [-0.2, -0.15) is 0 Å². The van der Waals surface area contributed by atoms with E-state index in [1.54, 1.807) is 0 Å². The number of hydrogen-bond acceptors (Lipinski definition) is 1. The molecule has 2 heteroatoms. The quantitative estimate of drug-likeness (QED) is 0.814. The molecule has 1 rings (SSSR count). The number of amides is 1. The van der Waals surface area contributed by atoms with E-state index in [4.69, 9.17) is 0 Å². The van der Waals surface area contributed by atoms with Crippen LogP contribution in [0.3, 0.4) is 0 Å². The second-order valence-electron chi connectivity index (χ2n) is 4.14. The topological polar surface area (TPSA) is 29.1 Å². The summed E-state index contributed by atoms with van der Waals surface area (Å²) in [5.74, 6) is -0.0195. The van der Waals surface area contributed by atoms with Gasteiger partial charge in [0.05, 0.1) is 0 Å². The van der Waals surface area contributed by atoms with E-state index in [0.29, 0.717) is 0 Å². The zero-order chi connectivity index (χ0) is 12.7. The van der Waals surface area contributed by atoms with Crippen LogP contribution in [-0.2, 0) is 11.2 Å². The van der Waals surface area contributed by atoms with Crippen molar-refractivity contribution in [2.24, 2.45) is 0 Å². The van der Waals surface area contributed by atoms with Crippen molar-refractivity contribution in [3.63, 3.8) is 0 Å². The number of benzene rings is 1. The molecule has 0 radical (unpaired) electrons. The lowest BCUT2D eigenvalue weighted by Gasteiger charge is -2.09. The highest BCUT2D eigenvalue weighted by Gasteiger charge is 2.02. The van der Waals surface area contributed by atoms with Gasteiger partial charge in [0.2, 0.25) is 5.91 Å². The number of carbonyl (C=O) groups is 1. The summed E-state index contributed by atoms with van der Waals surface area (Å²) in [4.78, 5) is 11.1. The molecular formula is C15H21NO. The molecule has 0 saturated carbocycles. The lowest BCUT2D eigenvalue weighted by Crippen LogP contribution is -2.07. The van der Waals surface area contributed by atoms with Gasteiger partial charge in [-0.3, -0.25) is 4.79 Å². The Kier molecular flexibility index (Phi) is 5.47. The molecule has 0 aliphatic rings. The molecule has 0 bridgehead atoms. The van der Waals surface area contributed by atoms with Crippen LogP contribution in [0.5, 0.6) is 0 Å². The predicted molar refractivity (Wildman–Crippen MR) is 74.1 cm³/mol. The Morgan fingerprint density at radius 2 is 2.12 bits per heavy atom. The summed E-state index contributed by atoms with van der Waals surface area (Å²) in [6.45, 7) is 5.80. The number of rotatable bonds is 5. The Morgan fingerprint density at radius 1 is 1.35 bits per heavy atom. The van der Waals surface area contributed by atoms with Crippen molar-refractivity contribution in [1.29, 1.82) is 0 Å². The maximum atomic E-state index is 11.1. The van der Waals surface area contributed by atoms with Crippen molar-refractivity contribution < 1.29 is 4.79 Å². The first-order valence-electron chi connectivity index (χ1n) is 6.24. The number of allylic oxidation sites excluding steroid dienone is 1. The average molecular weight is 231 g/mol. The van der Waals surface area contributed by atoms with Crippen molar-refractivity contribution >= 4 is 17.7 Å². The number of carbonyl (C=O) groups excluding carboxylic acids is 1. The summed E-state index contributed by atoms with van der Waals surface area (Å²) in [5.41, 5.74) is 3.30. The van der Waals surface area contributed by atoms with Gasteiger partial charge >= 0.3 is 0 Å². The van der Waals surface area contributed by atoms with Crippen LogP contribution in [0.2, 0.25) is 0 Å². The molecule has 0 atom stereocenters. The highest BCUT2D eigenvalue weighted by molar-refractivity contribution is 5.89. The first-order valence-corrected chi connectivity index (χ1v) is 6.24. The van der Waals surface area contributed by atoms with Crippen molar-refractivity contribution in [3.8, 4) is 0 Å². The molecule has 17 heavy (non-hydrogen) atoms. The Hall–Kier alpha value is -1.57. The molecule has 0 aliphatic heterocycles. The van der Waals surface area contributed by atoms with Gasteiger partial charge in [0, 0.05) is 12.6 Å². The largest absolute Gasteiger partial charge is 0.326 e. The fraction of sp³-hybridized carbons (Fsp3) is 0.400. The van der Waals surface area contributed by atoms with Crippen LogP contribution >= 0.6 is 0 Å². The fourth-order valence-electron chi connectivity index (χ4n) is 1.71. The molecule has 0 saturated heterocycles. The van der Waals surface area contributed by atoms with Gasteiger partial charge in [0.15, 0.2) is 0 Å². The van der Waals surface area contributed by atoms with E-state index in [1.165, 1.54) is 24.5 Å². The van der Waals surface area contributed by atoms with E-state index in [1.807, 2.05) is 12.1 Å². The second kappa shape index (κ2) is 6.89. The van der Waals surface area contributed by atoms with Gasteiger partial charge < -0.3 is 5.32 Å². The van der Waals surface area contributed by atoms with E-state index < -0.39 is 0 Å². The fourth-order valence-corrected chi connectivity index (χ4v) is 1.71. The van der Waals surface area contributed by atoms with E-state index in [-0.39, 0.29) is 5.91 Å². The van der Waals surface area contributed by atoms with Crippen LogP contribution in [0.15, 0.2) is 24.3 Å². The van der Waals surface area contributed by atoms with Gasteiger partial charge in [0.1, 0.15) is 0 Å². The molecule has 0 aliphatic carbocycles. The number of unbranched alkanes of at least 4 members (excludes halogenated alkanes) is 1. The standard InChI is InChI=1S/C15H21NO/c1-4-6-7-8-13-9-10-15(16-12(3)17)14(5-2)11-13/h7-11H,4-6H2,1-3H3,(H,16,17)/b8-7+. The highest BCUT2D eigenvalue weighted by atomic mass is 16.1. The molecule has 1 amide bonds. The number of aryl methyl sites for hydroxylation is 1. The number of nitrogens with one attached hydrogen (secondary N) is 1. The summed E-state index contributed by atoms with van der Waals surface area (Å²) in [5, 5.41) is 2.86. The summed E-state index contributed by atoms with van der Waals surface area (Å²) < 4.78 is 0. The predicted octanol–water partition coefficient (Wildman–Crippen LogP) is 4.02. The smallest absolute Gasteiger partial charge is 0.221 e. The van der Waals surface area contributed by atoms with Crippen molar-refractivity contribution in [2.75, 3.05) is 5.32 Å². The van der Waals surface area contributed by atoms with Crippen LogP contribution in [0.25, 0.3) is 6.08 Å².